The predicted octanol–water partition coefficient (Wildman–Crippen LogP) is 2.46. The largest absolute Gasteiger partial charge is 0.502 e. The monoisotopic (exact) mass is 311 g/mol. The summed E-state index contributed by atoms with van der Waals surface area (Å²) in [7, 11) is -2.68. The van der Waals surface area contributed by atoms with Crippen LogP contribution in [0.4, 0.5) is 0 Å². The molecule has 1 N–H and O–H groups in total. The van der Waals surface area contributed by atoms with E-state index in [1.165, 1.54) is 0 Å². The van der Waals surface area contributed by atoms with E-state index in [0.29, 0.717) is 38.0 Å². The van der Waals surface area contributed by atoms with Crippen molar-refractivity contribution in [1.29, 1.82) is 0 Å². The minimum absolute atomic E-state index is 0.0944. The summed E-state index contributed by atoms with van der Waals surface area (Å²) >= 11 is 0. The van der Waals surface area contributed by atoms with Crippen LogP contribution in [0.1, 0.15) is 31.1 Å². The van der Waals surface area contributed by atoms with Gasteiger partial charge in [-0.2, -0.15) is 0 Å². The molecule has 1 rings (SSSR count). The Labute approximate surface area is 128 Å². The van der Waals surface area contributed by atoms with E-state index in [1.807, 2.05) is 39.0 Å². The molecule has 0 fully saturated rings. The first-order chi connectivity index (χ1) is 10.2. The molecule has 1 amide bonds. The normalized spacial score (nSPS) is 11.4. The third kappa shape index (κ3) is 5.97. The highest BCUT2D eigenvalue weighted by atomic mass is 28.4. The van der Waals surface area contributed by atoms with Crippen molar-refractivity contribution in [2.24, 2.45) is 0 Å². The van der Waals surface area contributed by atoms with Crippen LogP contribution in [-0.4, -0.2) is 41.1 Å². The van der Waals surface area contributed by atoms with Crippen molar-refractivity contribution in [2.75, 3.05) is 26.4 Å². The van der Waals surface area contributed by atoms with E-state index in [2.05, 4.69) is 5.32 Å². The summed E-state index contributed by atoms with van der Waals surface area (Å²) < 4.78 is 17.2. The van der Waals surface area contributed by atoms with E-state index < -0.39 is 8.80 Å². The van der Waals surface area contributed by atoms with E-state index in [9.17, 15) is 4.79 Å². The first-order valence-electron chi connectivity index (χ1n) is 7.42. The molecule has 0 saturated carbocycles. The lowest BCUT2D eigenvalue weighted by Crippen LogP contribution is -2.48. The van der Waals surface area contributed by atoms with E-state index >= 15 is 0 Å². The predicted molar refractivity (Wildman–Crippen MR) is 84.2 cm³/mol. The molecule has 0 aromatic heterocycles. The third-order valence-electron chi connectivity index (χ3n) is 2.85. The quantitative estimate of drug-likeness (QED) is 0.674. The standard InChI is InChI=1S/C15H25NO4Si/c1-4-18-21(19-5-2,20-6-3)13-12-16-15(17)14-10-8-7-9-11-14/h7-11H,4-6,12-13H2,1-3H3,(H,16,17). The van der Waals surface area contributed by atoms with Crippen molar-refractivity contribution < 1.29 is 18.1 Å². The van der Waals surface area contributed by atoms with Crippen LogP contribution in [0.15, 0.2) is 30.3 Å². The minimum Gasteiger partial charge on any atom is -0.374 e. The molecule has 0 aliphatic heterocycles. The topological polar surface area (TPSA) is 56.8 Å². The lowest BCUT2D eigenvalue weighted by Gasteiger charge is -2.28. The number of amides is 1. The van der Waals surface area contributed by atoms with Gasteiger partial charge in [-0.05, 0) is 32.9 Å². The van der Waals surface area contributed by atoms with Gasteiger partial charge in [0, 0.05) is 38.0 Å². The molecule has 0 aliphatic rings. The maximum Gasteiger partial charge on any atom is 0.502 e. The lowest BCUT2D eigenvalue weighted by atomic mass is 10.2. The Kier molecular flexibility index (Phi) is 8.22. The van der Waals surface area contributed by atoms with Crippen molar-refractivity contribution in [3.05, 3.63) is 35.9 Å². The fourth-order valence-corrected chi connectivity index (χ4v) is 4.46. The van der Waals surface area contributed by atoms with Crippen molar-refractivity contribution >= 4 is 14.7 Å². The van der Waals surface area contributed by atoms with E-state index in [0.717, 1.165) is 0 Å². The van der Waals surface area contributed by atoms with Crippen LogP contribution in [0.5, 0.6) is 0 Å². The van der Waals surface area contributed by atoms with E-state index in [-0.39, 0.29) is 5.91 Å². The van der Waals surface area contributed by atoms with Crippen LogP contribution in [0, 0.1) is 0 Å². The van der Waals surface area contributed by atoms with Gasteiger partial charge in [0.2, 0.25) is 0 Å². The van der Waals surface area contributed by atoms with Crippen LogP contribution in [0.2, 0.25) is 6.04 Å². The van der Waals surface area contributed by atoms with Gasteiger partial charge >= 0.3 is 8.80 Å². The summed E-state index contributed by atoms with van der Waals surface area (Å²) in [4.78, 5) is 12.0. The summed E-state index contributed by atoms with van der Waals surface area (Å²) in [5.41, 5.74) is 0.647. The number of carbonyl (C=O) groups is 1. The Hall–Kier alpha value is -1.21. The lowest BCUT2D eigenvalue weighted by molar-refractivity contribution is 0.0710. The van der Waals surface area contributed by atoms with E-state index in [4.69, 9.17) is 13.3 Å². The number of hydrogen-bond acceptors (Lipinski definition) is 4. The molecule has 0 heterocycles. The molecule has 5 nitrogen and oxygen atoms in total. The van der Waals surface area contributed by atoms with Gasteiger partial charge in [-0.15, -0.1) is 0 Å². The third-order valence-corrected chi connectivity index (χ3v) is 5.89. The zero-order valence-electron chi connectivity index (χ0n) is 13.1. The van der Waals surface area contributed by atoms with Gasteiger partial charge < -0.3 is 18.6 Å². The minimum atomic E-state index is -2.68. The SMILES string of the molecule is CCO[Si](CCNC(=O)c1ccccc1)(OCC)OCC. The van der Waals surface area contributed by atoms with E-state index in [1.54, 1.807) is 12.1 Å². The van der Waals surface area contributed by atoms with Crippen molar-refractivity contribution in [3.63, 3.8) is 0 Å². The maximum absolute atomic E-state index is 12.0. The fraction of sp³-hybridized carbons (Fsp3) is 0.533. The molecule has 6 heteroatoms. The van der Waals surface area contributed by atoms with Gasteiger partial charge in [-0.3, -0.25) is 4.79 Å². The molecule has 0 atom stereocenters. The van der Waals surface area contributed by atoms with Crippen LogP contribution < -0.4 is 5.32 Å². The second kappa shape index (κ2) is 9.67. The Bertz CT molecular complexity index is 396. The second-order valence-corrected chi connectivity index (χ2v) is 7.09. The number of nitrogens with one attached hydrogen (secondary N) is 1. The molecule has 21 heavy (non-hydrogen) atoms. The maximum atomic E-state index is 12.0. The summed E-state index contributed by atoms with van der Waals surface area (Å²) in [5.74, 6) is -0.0944. The van der Waals surface area contributed by atoms with Crippen LogP contribution in [0.3, 0.4) is 0 Å². The van der Waals surface area contributed by atoms with Gasteiger partial charge in [0.05, 0.1) is 0 Å². The van der Waals surface area contributed by atoms with Gasteiger partial charge in [0.1, 0.15) is 0 Å². The summed E-state index contributed by atoms with van der Waals surface area (Å²) in [6.45, 7) is 7.85. The van der Waals surface area contributed by atoms with Crippen molar-refractivity contribution in [1.82, 2.24) is 5.32 Å². The molecule has 0 saturated heterocycles. The Morgan fingerprint density at radius 2 is 1.52 bits per heavy atom. The summed E-state index contributed by atoms with van der Waals surface area (Å²) in [6.07, 6.45) is 0. The van der Waals surface area contributed by atoms with Crippen LogP contribution in [-0.2, 0) is 13.3 Å². The molecule has 118 valence electrons. The molecule has 0 unspecified atom stereocenters. The Morgan fingerprint density at radius 1 is 1.00 bits per heavy atom. The van der Waals surface area contributed by atoms with Crippen molar-refractivity contribution in [2.45, 2.75) is 26.8 Å². The zero-order valence-corrected chi connectivity index (χ0v) is 14.1. The summed E-state index contributed by atoms with van der Waals surface area (Å²) in [5, 5.41) is 2.89. The van der Waals surface area contributed by atoms with Crippen molar-refractivity contribution in [3.8, 4) is 0 Å². The molecule has 0 bridgehead atoms. The Balaban J connectivity index is 2.54. The number of benzene rings is 1. The molecule has 1 aromatic rings. The first-order valence-corrected chi connectivity index (χ1v) is 9.35. The highest BCUT2D eigenvalue weighted by Gasteiger charge is 2.39. The molecular weight excluding hydrogens is 286 g/mol. The molecule has 0 radical (unpaired) electrons. The molecule has 0 aliphatic carbocycles. The zero-order chi connectivity index (χ0) is 15.6. The molecule has 0 spiro atoms. The molecule has 1 aromatic carbocycles. The van der Waals surface area contributed by atoms with Gasteiger partial charge in [-0.25, -0.2) is 0 Å². The van der Waals surface area contributed by atoms with Gasteiger partial charge in [-0.1, -0.05) is 18.2 Å². The summed E-state index contributed by atoms with van der Waals surface area (Å²) in [6, 6.07) is 9.71. The average molecular weight is 311 g/mol. The van der Waals surface area contributed by atoms with Crippen LogP contribution >= 0.6 is 0 Å². The second-order valence-electron chi connectivity index (χ2n) is 4.35. The molecular formula is C15H25NO4Si. The number of carbonyl (C=O) groups excluding carboxylic acids is 1. The average Bonchev–Trinajstić information content (AvgIpc) is 2.49. The smallest absolute Gasteiger partial charge is 0.374 e. The number of rotatable bonds is 10. The first kappa shape index (κ1) is 17.8. The fourth-order valence-electron chi connectivity index (χ4n) is 2.02. The van der Waals surface area contributed by atoms with Crippen LogP contribution in [0.25, 0.3) is 0 Å². The van der Waals surface area contributed by atoms with Gasteiger partial charge in [0.15, 0.2) is 0 Å². The van der Waals surface area contributed by atoms with Gasteiger partial charge in [0.25, 0.3) is 5.91 Å². The highest BCUT2D eigenvalue weighted by Crippen LogP contribution is 2.15. The highest BCUT2D eigenvalue weighted by molar-refractivity contribution is 6.60. The Morgan fingerprint density at radius 3 is 2.00 bits per heavy atom. The number of hydrogen-bond donors (Lipinski definition) is 1.